The van der Waals surface area contributed by atoms with Crippen molar-refractivity contribution in [2.45, 2.75) is 45.1 Å². The third-order valence-electron chi connectivity index (χ3n) is 4.81. The zero-order chi connectivity index (χ0) is 15.5. The van der Waals surface area contributed by atoms with E-state index in [-0.39, 0.29) is 5.91 Å². The molecule has 1 fully saturated rings. The van der Waals surface area contributed by atoms with Gasteiger partial charge in [0.15, 0.2) is 0 Å². The van der Waals surface area contributed by atoms with E-state index in [4.69, 9.17) is 0 Å². The van der Waals surface area contributed by atoms with Crippen LogP contribution >= 0.6 is 11.3 Å². The molecule has 0 bridgehead atoms. The molecular weight excluding hydrogens is 292 g/mol. The molecule has 0 N–H and O–H groups in total. The molecule has 0 radical (unpaired) electrons. The number of carbonyl (C=O) groups is 1. The van der Waals surface area contributed by atoms with Crippen molar-refractivity contribution in [2.75, 3.05) is 6.54 Å². The average Bonchev–Trinajstić information content (AvgIpc) is 3.16. The number of carbonyl (C=O) groups excluding carboxylic acids is 1. The first-order valence-corrected chi connectivity index (χ1v) is 9.00. The van der Waals surface area contributed by atoms with Crippen LogP contribution in [0.1, 0.15) is 46.6 Å². The largest absolute Gasteiger partial charge is 0.354 e. The van der Waals surface area contributed by atoms with Crippen molar-refractivity contribution in [3.8, 4) is 0 Å². The highest BCUT2D eigenvalue weighted by Crippen LogP contribution is 2.25. The lowest BCUT2D eigenvalue weighted by Gasteiger charge is -2.36. The summed E-state index contributed by atoms with van der Waals surface area (Å²) in [7, 11) is 2.00. The molecule has 2 aromatic rings. The Hall–Kier alpha value is -1.55. The van der Waals surface area contributed by atoms with Crippen LogP contribution in [0.15, 0.2) is 29.8 Å². The highest BCUT2D eigenvalue weighted by molar-refractivity contribution is 7.09. The first-order valence-electron chi connectivity index (χ1n) is 8.12. The lowest BCUT2D eigenvalue weighted by atomic mass is 9.96. The van der Waals surface area contributed by atoms with Crippen LogP contribution in [-0.2, 0) is 13.5 Å². The SMILES string of the molecule is Cc1c(C(=O)N2CCCCC2CCc2cccs2)ccn1C. The minimum Gasteiger partial charge on any atom is -0.354 e. The second kappa shape index (κ2) is 6.69. The molecule has 3 heterocycles. The Morgan fingerprint density at radius 3 is 2.91 bits per heavy atom. The van der Waals surface area contributed by atoms with Crippen molar-refractivity contribution >= 4 is 17.2 Å². The predicted octanol–water partition coefficient (Wildman–Crippen LogP) is 4.02. The molecule has 22 heavy (non-hydrogen) atoms. The van der Waals surface area contributed by atoms with Gasteiger partial charge in [0.1, 0.15) is 0 Å². The zero-order valence-electron chi connectivity index (χ0n) is 13.4. The first kappa shape index (κ1) is 15.3. The Morgan fingerprint density at radius 2 is 2.23 bits per heavy atom. The van der Waals surface area contributed by atoms with E-state index in [9.17, 15) is 4.79 Å². The summed E-state index contributed by atoms with van der Waals surface area (Å²) in [6.45, 7) is 2.93. The van der Waals surface area contributed by atoms with Crippen molar-refractivity contribution in [3.63, 3.8) is 0 Å². The molecule has 0 saturated carbocycles. The molecule has 3 rings (SSSR count). The van der Waals surface area contributed by atoms with Gasteiger partial charge in [-0.3, -0.25) is 4.79 Å². The van der Waals surface area contributed by atoms with Crippen LogP contribution in [0.3, 0.4) is 0 Å². The average molecular weight is 316 g/mol. The molecule has 118 valence electrons. The van der Waals surface area contributed by atoms with Crippen molar-refractivity contribution < 1.29 is 4.79 Å². The van der Waals surface area contributed by atoms with Gasteiger partial charge in [0.05, 0.1) is 5.56 Å². The van der Waals surface area contributed by atoms with Gasteiger partial charge in [-0.15, -0.1) is 11.3 Å². The van der Waals surface area contributed by atoms with Crippen molar-refractivity contribution in [1.82, 2.24) is 9.47 Å². The summed E-state index contributed by atoms with van der Waals surface area (Å²) in [5.74, 6) is 0.217. The molecule has 0 aliphatic carbocycles. The molecule has 4 heteroatoms. The maximum Gasteiger partial charge on any atom is 0.255 e. The normalized spacial score (nSPS) is 18.6. The quantitative estimate of drug-likeness (QED) is 0.836. The summed E-state index contributed by atoms with van der Waals surface area (Å²) >= 11 is 1.82. The van der Waals surface area contributed by atoms with Crippen molar-refractivity contribution in [1.29, 1.82) is 0 Å². The Labute approximate surface area is 136 Å². The Bertz CT molecular complexity index is 630. The number of thiophene rings is 1. The second-order valence-corrected chi connectivity index (χ2v) is 7.22. The minimum atomic E-state index is 0.217. The molecule has 3 nitrogen and oxygen atoms in total. The molecule has 1 aliphatic heterocycles. The van der Waals surface area contributed by atoms with E-state index in [1.165, 1.54) is 11.3 Å². The standard InChI is InChI=1S/C18H24N2OS/c1-14-17(10-12-19(14)2)18(21)20-11-4-3-6-15(20)8-9-16-7-5-13-22-16/h5,7,10,12-13,15H,3-4,6,8-9,11H2,1-2H3. The monoisotopic (exact) mass is 316 g/mol. The number of piperidine rings is 1. The van der Waals surface area contributed by atoms with Gasteiger partial charge >= 0.3 is 0 Å². The van der Waals surface area contributed by atoms with Crippen LogP contribution < -0.4 is 0 Å². The van der Waals surface area contributed by atoms with Crippen LogP contribution in [0.2, 0.25) is 0 Å². The van der Waals surface area contributed by atoms with Crippen LogP contribution in [0.25, 0.3) is 0 Å². The Balaban J connectivity index is 1.71. The van der Waals surface area contributed by atoms with Gasteiger partial charge < -0.3 is 9.47 Å². The smallest absolute Gasteiger partial charge is 0.255 e. The summed E-state index contributed by atoms with van der Waals surface area (Å²) in [6, 6.07) is 6.66. The molecule has 1 aliphatic rings. The molecule has 1 amide bonds. The summed E-state index contributed by atoms with van der Waals surface area (Å²) in [4.78, 5) is 16.5. The lowest BCUT2D eigenvalue weighted by molar-refractivity contribution is 0.0601. The fourth-order valence-corrected chi connectivity index (χ4v) is 4.05. The van der Waals surface area contributed by atoms with Crippen LogP contribution in [0.4, 0.5) is 0 Å². The Kier molecular flexibility index (Phi) is 4.67. The fourth-order valence-electron chi connectivity index (χ4n) is 3.32. The zero-order valence-corrected chi connectivity index (χ0v) is 14.2. The summed E-state index contributed by atoms with van der Waals surface area (Å²) in [5, 5.41) is 2.13. The van der Waals surface area contributed by atoms with Gasteiger partial charge in [-0.05, 0) is 56.5 Å². The van der Waals surface area contributed by atoms with E-state index >= 15 is 0 Å². The van der Waals surface area contributed by atoms with E-state index in [0.717, 1.165) is 43.5 Å². The Morgan fingerprint density at radius 1 is 1.36 bits per heavy atom. The van der Waals surface area contributed by atoms with Gasteiger partial charge in [-0.1, -0.05) is 6.07 Å². The van der Waals surface area contributed by atoms with Gasteiger partial charge in [-0.25, -0.2) is 0 Å². The molecule has 1 unspecified atom stereocenters. The first-order chi connectivity index (χ1) is 10.7. The maximum atomic E-state index is 12.9. The van der Waals surface area contributed by atoms with Gasteiger partial charge in [0.2, 0.25) is 0 Å². The summed E-state index contributed by atoms with van der Waals surface area (Å²) in [5.41, 5.74) is 1.93. The maximum absolute atomic E-state index is 12.9. The van der Waals surface area contributed by atoms with Crippen molar-refractivity contribution in [2.24, 2.45) is 7.05 Å². The highest BCUT2D eigenvalue weighted by atomic mass is 32.1. The fraction of sp³-hybridized carbons (Fsp3) is 0.500. The number of amides is 1. The topological polar surface area (TPSA) is 25.2 Å². The molecule has 1 atom stereocenters. The molecule has 2 aromatic heterocycles. The van der Waals surface area contributed by atoms with Crippen molar-refractivity contribution in [3.05, 3.63) is 45.9 Å². The van der Waals surface area contributed by atoms with Crippen LogP contribution in [-0.4, -0.2) is 28.0 Å². The number of hydrogen-bond acceptors (Lipinski definition) is 2. The second-order valence-electron chi connectivity index (χ2n) is 6.19. The molecular formula is C18H24N2OS. The summed E-state index contributed by atoms with van der Waals surface area (Å²) < 4.78 is 2.03. The molecule has 0 aromatic carbocycles. The number of likely N-dealkylation sites (tertiary alicyclic amines) is 1. The van der Waals surface area contributed by atoms with Gasteiger partial charge in [0, 0.05) is 36.4 Å². The number of hydrogen-bond donors (Lipinski definition) is 0. The number of rotatable bonds is 4. The van der Waals surface area contributed by atoms with E-state index in [1.54, 1.807) is 0 Å². The van der Waals surface area contributed by atoms with E-state index in [0.29, 0.717) is 6.04 Å². The van der Waals surface area contributed by atoms with Crippen LogP contribution in [0.5, 0.6) is 0 Å². The third kappa shape index (κ3) is 3.12. The minimum absolute atomic E-state index is 0.217. The van der Waals surface area contributed by atoms with E-state index in [1.807, 2.05) is 42.1 Å². The number of aromatic nitrogens is 1. The molecule has 1 saturated heterocycles. The third-order valence-corrected chi connectivity index (χ3v) is 5.74. The van der Waals surface area contributed by atoms with Gasteiger partial charge in [-0.2, -0.15) is 0 Å². The number of nitrogens with zero attached hydrogens (tertiary/aromatic N) is 2. The molecule has 0 spiro atoms. The van der Waals surface area contributed by atoms with Gasteiger partial charge in [0.25, 0.3) is 5.91 Å². The lowest BCUT2D eigenvalue weighted by Crippen LogP contribution is -2.44. The highest BCUT2D eigenvalue weighted by Gasteiger charge is 2.28. The summed E-state index contributed by atoms with van der Waals surface area (Å²) in [6.07, 6.45) is 7.66. The van der Waals surface area contributed by atoms with E-state index < -0.39 is 0 Å². The van der Waals surface area contributed by atoms with Crippen LogP contribution in [0, 0.1) is 6.92 Å². The number of aryl methyl sites for hydroxylation is 2. The predicted molar refractivity (Wildman–Crippen MR) is 91.5 cm³/mol. The van der Waals surface area contributed by atoms with E-state index in [2.05, 4.69) is 22.4 Å².